The molecule has 0 spiro atoms. The third-order valence-electron chi connectivity index (χ3n) is 4.22. The summed E-state index contributed by atoms with van der Waals surface area (Å²) in [6, 6.07) is 13.6. The largest absolute Gasteiger partial charge is 0.493 e. The zero-order chi connectivity index (χ0) is 17.6. The molecule has 0 aliphatic carbocycles. The summed E-state index contributed by atoms with van der Waals surface area (Å²) in [7, 11) is 3.20. The van der Waals surface area contributed by atoms with Gasteiger partial charge in [0.15, 0.2) is 17.5 Å². The molecule has 0 radical (unpaired) electrons. The summed E-state index contributed by atoms with van der Waals surface area (Å²) in [4.78, 5) is 4.50. The Hall–Kier alpha value is -2.16. The summed E-state index contributed by atoms with van der Waals surface area (Å²) in [5, 5.41) is 3.09. The summed E-state index contributed by atoms with van der Waals surface area (Å²) in [5.74, 6) is 2.94. The Bertz CT molecular complexity index is 767. The smallest absolute Gasteiger partial charge is 0.193 e. The molecule has 0 aromatic heterocycles. The molecule has 7 heteroatoms. The molecule has 6 nitrogen and oxygen atoms in total. The SMILES string of the molecule is COc1ccc(NC(N)=NCC2CCOc3ccccc32)cc1OC.I. The Labute approximate surface area is 170 Å². The maximum atomic E-state index is 6.04. The van der Waals surface area contributed by atoms with Gasteiger partial charge in [0.25, 0.3) is 0 Å². The lowest BCUT2D eigenvalue weighted by atomic mass is 9.93. The highest BCUT2D eigenvalue weighted by molar-refractivity contribution is 14.0. The van der Waals surface area contributed by atoms with E-state index in [2.05, 4.69) is 16.4 Å². The van der Waals surface area contributed by atoms with Gasteiger partial charge in [0.1, 0.15) is 5.75 Å². The summed E-state index contributed by atoms with van der Waals surface area (Å²) in [5.41, 5.74) is 8.03. The number of methoxy groups -OCH3 is 2. The Balaban J connectivity index is 0.00000243. The van der Waals surface area contributed by atoms with Crippen LogP contribution < -0.4 is 25.3 Å². The van der Waals surface area contributed by atoms with Gasteiger partial charge in [-0.2, -0.15) is 0 Å². The molecule has 1 unspecified atom stereocenters. The molecule has 140 valence electrons. The number of nitrogens with zero attached hydrogens (tertiary/aromatic N) is 1. The first-order valence-electron chi connectivity index (χ1n) is 8.22. The molecule has 0 saturated heterocycles. The van der Waals surface area contributed by atoms with Gasteiger partial charge in [0.05, 0.1) is 20.8 Å². The minimum atomic E-state index is 0. The fourth-order valence-electron chi connectivity index (χ4n) is 2.92. The van der Waals surface area contributed by atoms with Crippen molar-refractivity contribution in [2.75, 3.05) is 32.7 Å². The van der Waals surface area contributed by atoms with Crippen molar-refractivity contribution in [2.24, 2.45) is 10.7 Å². The number of benzene rings is 2. The van der Waals surface area contributed by atoms with Gasteiger partial charge in [-0.25, -0.2) is 0 Å². The van der Waals surface area contributed by atoms with Crippen molar-refractivity contribution in [3.05, 3.63) is 48.0 Å². The summed E-state index contributed by atoms with van der Waals surface area (Å²) >= 11 is 0. The van der Waals surface area contributed by atoms with Crippen molar-refractivity contribution in [3.8, 4) is 17.2 Å². The second-order valence-electron chi connectivity index (χ2n) is 5.79. The lowest BCUT2D eigenvalue weighted by Crippen LogP contribution is -2.24. The standard InChI is InChI=1S/C19H23N3O3.HI/c1-23-17-8-7-14(11-18(17)24-2)22-19(20)21-12-13-9-10-25-16-6-4-3-5-15(13)16;/h3-8,11,13H,9-10,12H2,1-2H3,(H3,20,21,22);1H. The minimum Gasteiger partial charge on any atom is -0.493 e. The number of hydrogen-bond donors (Lipinski definition) is 2. The fourth-order valence-corrected chi connectivity index (χ4v) is 2.92. The van der Waals surface area contributed by atoms with Gasteiger partial charge in [-0.05, 0) is 30.2 Å². The van der Waals surface area contributed by atoms with Gasteiger partial charge in [0.2, 0.25) is 0 Å². The van der Waals surface area contributed by atoms with E-state index in [1.807, 2.05) is 36.4 Å². The summed E-state index contributed by atoms with van der Waals surface area (Å²) in [6.45, 7) is 1.33. The average molecular weight is 469 g/mol. The topological polar surface area (TPSA) is 78.1 Å². The number of nitrogens with two attached hydrogens (primary N) is 1. The average Bonchev–Trinajstić information content (AvgIpc) is 2.66. The quantitative estimate of drug-likeness (QED) is 0.398. The Kier molecular flexibility index (Phi) is 7.38. The number of rotatable bonds is 5. The van der Waals surface area contributed by atoms with E-state index >= 15 is 0 Å². The van der Waals surface area contributed by atoms with E-state index in [1.54, 1.807) is 14.2 Å². The summed E-state index contributed by atoms with van der Waals surface area (Å²) < 4.78 is 16.2. The van der Waals surface area contributed by atoms with Crippen molar-refractivity contribution >= 4 is 35.6 Å². The zero-order valence-corrected chi connectivity index (χ0v) is 17.2. The number of fused-ring (bicyclic) bond motifs is 1. The van der Waals surface area contributed by atoms with Crippen LogP contribution in [0.15, 0.2) is 47.5 Å². The molecule has 1 heterocycles. The van der Waals surface area contributed by atoms with Crippen LogP contribution in [0.4, 0.5) is 5.69 Å². The maximum Gasteiger partial charge on any atom is 0.193 e. The first-order chi connectivity index (χ1) is 12.2. The molecule has 26 heavy (non-hydrogen) atoms. The molecular weight excluding hydrogens is 445 g/mol. The Morgan fingerprint density at radius 2 is 1.96 bits per heavy atom. The van der Waals surface area contributed by atoms with Crippen LogP contribution in [0.5, 0.6) is 17.2 Å². The van der Waals surface area contributed by atoms with E-state index in [9.17, 15) is 0 Å². The first kappa shape index (κ1) is 20.2. The second kappa shape index (κ2) is 9.51. The van der Waals surface area contributed by atoms with Crippen LogP contribution in [0.1, 0.15) is 17.9 Å². The van der Waals surface area contributed by atoms with Gasteiger partial charge in [0, 0.05) is 24.2 Å². The highest BCUT2D eigenvalue weighted by atomic mass is 127. The molecule has 2 aromatic carbocycles. The predicted molar refractivity (Wildman–Crippen MR) is 114 cm³/mol. The van der Waals surface area contributed by atoms with Crippen LogP contribution in [0, 0.1) is 0 Å². The van der Waals surface area contributed by atoms with Crippen molar-refractivity contribution in [2.45, 2.75) is 12.3 Å². The van der Waals surface area contributed by atoms with Crippen LogP contribution in [0.3, 0.4) is 0 Å². The fraction of sp³-hybridized carbons (Fsp3) is 0.316. The monoisotopic (exact) mass is 469 g/mol. The van der Waals surface area contributed by atoms with Gasteiger partial charge >= 0.3 is 0 Å². The number of aliphatic imine (C=N–C) groups is 1. The van der Waals surface area contributed by atoms with Crippen molar-refractivity contribution in [3.63, 3.8) is 0 Å². The third kappa shape index (κ3) is 4.72. The van der Waals surface area contributed by atoms with E-state index < -0.39 is 0 Å². The number of para-hydroxylation sites is 1. The Morgan fingerprint density at radius 1 is 1.19 bits per heavy atom. The minimum absolute atomic E-state index is 0. The normalized spacial score (nSPS) is 15.9. The number of nitrogens with one attached hydrogen (secondary N) is 1. The zero-order valence-electron chi connectivity index (χ0n) is 14.9. The molecule has 1 aliphatic heterocycles. The van der Waals surface area contributed by atoms with E-state index in [1.165, 1.54) is 5.56 Å². The van der Waals surface area contributed by atoms with Gasteiger partial charge in [-0.15, -0.1) is 24.0 Å². The van der Waals surface area contributed by atoms with Crippen molar-refractivity contribution in [1.82, 2.24) is 0 Å². The van der Waals surface area contributed by atoms with Crippen LogP contribution in [0.2, 0.25) is 0 Å². The van der Waals surface area contributed by atoms with Gasteiger partial charge in [-0.3, -0.25) is 4.99 Å². The van der Waals surface area contributed by atoms with Gasteiger partial charge in [-0.1, -0.05) is 18.2 Å². The molecule has 0 amide bonds. The molecule has 0 saturated carbocycles. The third-order valence-corrected chi connectivity index (χ3v) is 4.22. The lowest BCUT2D eigenvalue weighted by molar-refractivity contribution is 0.269. The molecule has 1 atom stereocenters. The number of guanidine groups is 1. The van der Waals surface area contributed by atoms with E-state index in [4.69, 9.17) is 19.9 Å². The van der Waals surface area contributed by atoms with Crippen LogP contribution in [0.25, 0.3) is 0 Å². The molecule has 0 fully saturated rings. The molecule has 2 aromatic rings. The predicted octanol–water partition coefficient (Wildman–Crippen LogP) is 3.61. The molecule has 3 N–H and O–H groups in total. The van der Waals surface area contributed by atoms with Crippen LogP contribution in [-0.4, -0.2) is 33.3 Å². The Morgan fingerprint density at radius 3 is 2.73 bits per heavy atom. The number of anilines is 1. The van der Waals surface area contributed by atoms with Crippen LogP contribution >= 0.6 is 24.0 Å². The summed E-state index contributed by atoms with van der Waals surface area (Å²) in [6.07, 6.45) is 0.935. The number of ether oxygens (including phenoxy) is 3. The molecule has 1 aliphatic rings. The number of hydrogen-bond acceptors (Lipinski definition) is 4. The lowest BCUT2D eigenvalue weighted by Gasteiger charge is -2.24. The van der Waals surface area contributed by atoms with E-state index in [-0.39, 0.29) is 24.0 Å². The highest BCUT2D eigenvalue weighted by Gasteiger charge is 2.20. The molecule has 3 rings (SSSR count). The first-order valence-corrected chi connectivity index (χ1v) is 8.22. The second-order valence-corrected chi connectivity index (χ2v) is 5.79. The van der Waals surface area contributed by atoms with Crippen molar-refractivity contribution < 1.29 is 14.2 Å². The van der Waals surface area contributed by atoms with Gasteiger partial charge < -0.3 is 25.3 Å². The molecule has 0 bridgehead atoms. The highest BCUT2D eigenvalue weighted by Crippen LogP contribution is 2.33. The van der Waals surface area contributed by atoms with E-state index in [0.29, 0.717) is 36.5 Å². The van der Waals surface area contributed by atoms with Crippen LogP contribution in [-0.2, 0) is 0 Å². The maximum absolute atomic E-state index is 6.04. The number of halogens is 1. The molecular formula is C19H24IN3O3. The van der Waals surface area contributed by atoms with E-state index in [0.717, 1.165) is 17.9 Å². The van der Waals surface area contributed by atoms with Crippen molar-refractivity contribution in [1.29, 1.82) is 0 Å².